The summed E-state index contributed by atoms with van der Waals surface area (Å²) < 4.78 is 17.8. The van der Waals surface area contributed by atoms with Crippen LogP contribution in [-0.2, 0) is 13.1 Å². The molecule has 25 heavy (non-hydrogen) atoms. The summed E-state index contributed by atoms with van der Waals surface area (Å²) in [5, 5.41) is 11.6. The standard InChI is InChI=1S/C17H21N5O3/c1-12(11-22-8-4-7-19-22)18-10-16-20-17(21-25-16)14-6-5-13(23-2)9-15(14)24-3/h4-9,12,18H,10-11H2,1-3H3/t12-/m1/s1. The van der Waals surface area contributed by atoms with Gasteiger partial charge in [-0.25, -0.2) is 0 Å². The van der Waals surface area contributed by atoms with Gasteiger partial charge >= 0.3 is 0 Å². The van der Waals surface area contributed by atoms with Gasteiger partial charge in [-0.05, 0) is 25.1 Å². The zero-order chi connectivity index (χ0) is 17.6. The Kier molecular flexibility index (Phi) is 5.30. The topological polar surface area (TPSA) is 87.2 Å². The van der Waals surface area contributed by atoms with E-state index >= 15 is 0 Å². The minimum atomic E-state index is 0.214. The van der Waals surface area contributed by atoms with Crippen molar-refractivity contribution in [2.45, 2.75) is 26.1 Å². The lowest BCUT2D eigenvalue weighted by molar-refractivity contribution is 0.350. The highest BCUT2D eigenvalue weighted by Gasteiger charge is 2.15. The normalized spacial score (nSPS) is 12.1. The zero-order valence-electron chi connectivity index (χ0n) is 14.5. The van der Waals surface area contributed by atoms with Crippen LogP contribution in [0.25, 0.3) is 11.4 Å². The monoisotopic (exact) mass is 343 g/mol. The van der Waals surface area contributed by atoms with E-state index in [2.05, 4.69) is 27.5 Å². The molecular formula is C17H21N5O3. The van der Waals surface area contributed by atoms with Crippen LogP contribution in [0.5, 0.6) is 11.5 Å². The van der Waals surface area contributed by atoms with Gasteiger partial charge < -0.3 is 19.3 Å². The summed E-state index contributed by atoms with van der Waals surface area (Å²) in [6.45, 7) is 3.32. The molecule has 0 amide bonds. The number of aromatic nitrogens is 4. The number of methoxy groups -OCH3 is 2. The first-order chi connectivity index (χ1) is 12.2. The molecule has 2 aromatic heterocycles. The van der Waals surface area contributed by atoms with Gasteiger partial charge in [0, 0.05) is 24.5 Å². The van der Waals surface area contributed by atoms with Crippen LogP contribution in [0.3, 0.4) is 0 Å². The van der Waals surface area contributed by atoms with Gasteiger partial charge in [0.05, 0.1) is 32.9 Å². The van der Waals surface area contributed by atoms with E-state index in [4.69, 9.17) is 14.0 Å². The summed E-state index contributed by atoms with van der Waals surface area (Å²) in [4.78, 5) is 4.43. The lowest BCUT2D eigenvalue weighted by Gasteiger charge is -2.11. The van der Waals surface area contributed by atoms with Crippen molar-refractivity contribution < 1.29 is 14.0 Å². The molecule has 0 aliphatic carbocycles. The first-order valence-corrected chi connectivity index (χ1v) is 7.95. The van der Waals surface area contributed by atoms with Crippen LogP contribution in [0, 0.1) is 0 Å². The zero-order valence-corrected chi connectivity index (χ0v) is 14.5. The highest BCUT2D eigenvalue weighted by Crippen LogP contribution is 2.31. The molecule has 132 valence electrons. The Labute approximate surface area is 145 Å². The van der Waals surface area contributed by atoms with E-state index in [1.807, 2.05) is 29.1 Å². The maximum Gasteiger partial charge on any atom is 0.240 e. The largest absolute Gasteiger partial charge is 0.497 e. The SMILES string of the molecule is COc1ccc(-c2noc(CN[C@H](C)Cn3cccn3)n2)c(OC)c1. The highest BCUT2D eigenvalue weighted by molar-refractivity contribution is 5.65. The van der Waals surface area contributed by atoms with Crippen LogP contribution in [0.4, 0.5) is 0 Å². The van der Waals surface area contributed by atoms with Crippen molar-refractivity contribution in [3.05, 3.63) is 42.5 Å². The molecule has 0 aliphatic heterocycles. The molecule has 1 aromatic carbocycles. The quantitative estimate of drug-likeness (QED) is 0.670. The number of hydrogen-bond acceptors (Lipinski definition) is 7. The minimum Gasteiger partial charge on any atom is -0.497 e. The van der Waals surface area contributed by atoms with Crippen molar-refractivity contribution in [2.24, 2.45) is 0 Å². The number of rotatable bonds is 8. The molecule has 0 spiro atoms. The van der Waals surface area contributed by atoms with E-state index in [1.54, 1.807) is 26.5 Å². The van der Waals surface area contributed by atoms with Gasteiger partial charge in [-0.3, -0.25) is 4.68 Å². The molecule has 0 radical (unpaired) electrons. The molecule has 0 saturated heterocycles. The van der Waals surface area contributed by atoms with Crippen molar-refractivity contribution in [2.75, 3.05) is 14.2 Å². The summed E-state index contributed by atoms with van der Waals surface area (Å²) in [5.41, 5.74) is 0.753. The predicted octanol–water partition coefficient (Wildman–Crippen LogP) is 2.13. The van der Waals surface area contributed by atoms with Crippen LogP contribution in [0.1, 0.15) is 12.8 Å². The van der Waals surface area contributed by atoms with Crippen LogP contribution >= 0.6 is 0 Å². The van der Waals surface area contributed by atoms with E-state index < -0.39 is 0 Å². The van der Waals surface area contributed by atoms with E-state index in [0.29, 0.717) is 29.8 Å². The van der Waals surface area contributed by atoms with Gasteiger partial charge in [0.2, 0.25) is 11.7 Å². The first kappa shape index (κ1) is 17.0. The fraction of sp³-hybridized carbons (Fsp3) is 0.353. The molecular weight excluding hydrogens is 322 g/mol. The van der Waals surface area contributed by atoms with E-state index in [1.165, 1.54) is 0 Å². The molecule has 8 heteroatoms. The Hall–Kier alpha value is -2.87. The molecule has 3 aromatic rings. The third-order valence-corrected chi connectivity index (χ3v) is 3.74. The maximum absolute atomic E-state index is 5.38. The summed E-state index contributed by atoms with van der Waals surface area (Å²) in [7, 11) is 3.20. The second-order valence-electron chi connectivity index (χ2n) is 5.59. The van der Waals surface area contributed by atoms with Gasteiger partial charge in [-0.2, -0.15) is 10.1 Å². The lowest BCUT2D eigenvalue weighted by Crippen LogP contribution is -2.30. The average Bonchev–Trinajstić information content (AvgIpc) is 3.31. The number of nitrogens with one attached hydrogen (secondary N) is 1. The Morgan fingerprint density at radius 1 is 1.28 bits per heavy atom. The Bertz CT molecular complexity index is 800. The lowest BCUT2D eigenvalue weighted by atomic mass is 10.2. The first-order valence-electron chi connectivity index (χ1n) is 7.95. The van der Waals surface area contributed by atoms with Gasteiger partial charge in [-0.1, -0.05) is 5.16 Å². The Morgan fingerprint density at radius 2 is 2.16 bits per heavy atom. The second-order valence-corrected chi connectivity index (χ2v) is 5.59. The Balaban J connectivity index is 1.64. The fourth-order valence-corrected chi connectivity index (χ4v) is 2.43. The van der Waals surface area contributed by atoms with Crippen molar-refractivity contribution in [3.63, 3.8) is 0 Å². The molecule has 3 rings (SSSR count). The molecule has 0 bridgehead atoms. The molecule has 2 heterocycles. The third kappa shape index (κ3) is 4.16. The number of ether oxygens (including phenoxy) is 2. The number of benzene rings is 1. The Morgan fingerprint density at radius 3 is 2.88 bits per heavy atom. The molecule has 8 nitrogen and oxygen atoms in total. The molecule has 0 fully saturated rings. The van der Waals surface area contributed by atoms with E-state index in [0.717, 1.165) is 12.1 Å². The maximum atomic E-state index is 5.38. The predicted molar refractivity (Wildman–Crippen MR) is 91.4 cm³/mol. The van der Waals surface area contributed by atoms with Gasteiger partial charge in [0.1, 0.15) is 11.5 Å². The third-order valence-electron chi connectivity index (χ3n) is 3.74. The smallest absolute Gasteiger partial charge is 0.240 e. The van der Waals surface area contributed by atoms with Crippen molar-refractivity contribution >= 4 is 0 Å². The summed E-state index contributed by atoms with van der Waals surface area (Å²) >= 11 is 0. The fourth-order valence-electron chi connectivity index (χ4n) is 2.43. The van der Waals surface area contributed by atoms with Crippen molar-refractivity contribution in [3.8, 4) is 22.9 Å². The number of nitrogens with zero attached hydrogens (tertiary/aromatic N) is 4. The van der Waals surface area contributed by atoms with Crippen LogP contribution < -0.4 is 14.8 Å². The summed E-state index contributed by atoms with van der Waals surface area (Å²) in [6.07, 6.45) is 3.69. The van der Waals surface area contributed by atoms with Crippen LogP contribution in [-0.4, -0.2) is 40.2 Å². The van der Waals surface area contributed by atoms with Crippen molar-refractivity contribution in [1.29, 1.82) is 0 Å². The van der Waals surface area contributed by atoms with Crippen LogP contribution in [0.2, 0.25) is 0 Å². The molecule has 0 unspecified atom stereocenters. The van der Waals surface area contributed by atoms with Crippen LogP contribution in [0.15, 0.2) is 41.2 Å². The molecule has 1 atom stereocenters. The highest BCUT2D eigenvalue weighted by atomic mass is 16.5. The number of hydrogen-bond donors (Lipinski definition) is 1. The molecule has 0 saturated carbocycles. The van der Waals surface area contributed by atoms with E-state index in [-0.39, 0.29) is 6.04 Å². The van der Waals surface area contributed by atoms with Gasteiger partial charge in [0.25, 0.3) is 0 Å². The minimum absolute atomic E-state index is 0.214. The molecule has 0 aliphatic rings. The summed E-state index contributed by atoms with van der Waals surface area (Å²) in [6, 6.07) is 7.58. The molecule has 1 N–H and O–H groups in total. The van der Waals surface area contributed by atoms with E-state index in [9.17, 15) is 0 Å². The second kappa shape index (κ2) is 7.80. The van der Waals surface area contributed by atoms with Gasteiger partial charge in [0.15, 0.2) is 0 Å². The summed E-state index contributed by atoms with van der Waals surface area (Å²) in [5.74, 6) is 2.33. The van der Waals surface area contributed by atoms with Crippen molar-refractivity contribution in [1.82, 2.24) is 25.2 Å². The average molecular weight is 343 g/mol. The van der Waals surface area contributed by atoms with Gasteiger partial charge in [-0.15, -0.1) is 0 Å².